The normalized spacial score (nSPS) is 22.5. The summed E-state index contributed by atoms with van der Waals surface area (Å²) in [5.74, 6) is -0.369. The summed E-state index contributed by atoms with van der Waals surface area (Å²) < 4.78 is 4.54. The number of methoxy groups -OCH3 is 1. The molecular weight excluding hydrogens is 174 g/mol. The van der Waals surface area contributed by atoms with Gasteiger partial charge in [-0.1, -0.05) is 0 Å². The molecule has 0 aromatic rings. The second kappa shape index (κ2) is 4.08. The fourth-order valence-electron chi connectivity index (χ4n) is 1.25. The van der Waals surface area contributed by atoms with Crippen molar-refractivity contribution in [3.63, 3.8) is 0 Å². The van der Waals surface area contributed by atoms with E-state index in [0.29, 0.717) is 13.1 Å². The van der Waals surface area contributed by atoms with Gasteiger partial charge in [0.05, 0.1) is 7.11 Å². The zero-order chi connectivity index (χ0) is 9.84. The summed E-state index contributed by atoms with van der Waals surface area (Å²) in [6.45, 7) is 1.37. The lowest BCUT2D eigenvalue weighted by atomic mass is 10.2. The summed E-state index contributed by atoms with van der Waals surface area (Å²) in [5, 5.41) is 2.93. The van der Waals surface area contributed by atoms with Crippen LogP contribution >= 0.6 is 0 Å². The van der Waals surface area contributed by atoms with E-state index < -0.39 is 12.1 Å². The summed E-state index contributed by atoms with van der Waals surface area (Å²) in [5.41, 5.74) is 5.08. The molecule has 1 aliphatic rings. The molecule has 0 saturated carbocycles. The van der Waals surface area contributed by atoms with Gasteiger partial charge in [0.1, 0.15) is 6.04 Å². The summed E-state index contributed by atoms with van der Waals surface area (Å²) in [6, 6.07) is -0.957. The van der Waals surface area contributed by atoms with Crippen molar-refractivity contribution in [1.82, 2.24) is 10.2 Å². The largest absolute Gasteiger partial charge is 0.468 e. The highest BCUT2D eigenvalue weighted by molar-refractivity contribution is 5.78. The SMILES string of the molecule is COC(=O)C1CN(C(N)=O)CCN1. The molecular formula is C7H13N3O3. The minimum atomic E-state index is -0.504. The van der Waals surface area contributed by atoms with E-state index in [2.05, 4.69) is 10.1 Å². The molecule has 74 valence electrons. The van der Waals surface area contributed by atoms with Crippen LogP contribution in [-0.2, 0) is 9.53 Å². The Morgan fingerprint density at radius 1 is 1.62 bits per heavy atom. The Hall–Kier alpha value is -1.30. The highest BCUT2D eigenvalue weighted by Gasteiger charge is 2.27. The number of hydrogen-bond donors (Lipinski definition) is 2. The quantitative estimate of drug-likeness (QED) is 0.490. The number of rotatable bonds is 1. The maximum atomic E-state index is 11.1. The average Bonchev–Trinajstić information content (AvgIpc) is 2.17. The minimum Gasteiger partial charge on any atom is -0.468 e. The minimum absolute atomic E-state index is 0.280. The summed E-state index contributed by atoms with van der Waals surface area (Å²) in [7, 11) is 1.31. The number of primary amides is 1. The molecule has 1 saturated heterocycles. The van der Waals surface area contributed by atoms with Gasteiger partial charge in [0.25, 0.3) is 0 Å². The van der Waals surface area contributed by atoms with E-state index in [-0.39, 0.29) is 12.5 Å². The maximum absolute atomic E-state index is 11.1. The topological polar surface area (TPSA) is 84.7 Å². The van der Waals surface area contributed by atoms with Gasteiger partial charge in [-0.25, -0.2) is 4.79 Å². The van der Waals surface area contributed by atoms with E-state index in [4.69, 9.17) is 5.73 Å². The second-order valence-corrected chi connectivity index (χ2v) is 2.81. The Balaban J connectivity index is 2.51. The first-order valence-corrected chi connectivity index (χ1v) is 4.00. The van der Waals surface area contributed by atoms with Crippen LogP contribution in [0.2, 0.25) is 0 Å². The van der Waals surface area contributed by atoms with E-state index >= 15 is 0 Å². The van der Waals surface area contributed by atoms with Gasteiger partial charge >= 0.3 is 12.0 Å². The summed E-state index contributed by atoms with van der Waals surface area (Å²) in [6.07, 6.45) is 0. The van der Waals surface area contributed by atoms with Crippen LogP contribution in [0.5, 0.6) is 0 Å². The molecule has 0 spiro atoms. The predicted octanol–water partition coefficient (Wildman–Crippen LogP) is -1.49. The molecule has 0 aliphatic carbocycles. The van der Waals surface area contributed by atoms with Gasteiger partial charge < -0.3 is 20.7 Å². The van der Waals surface area contributed by atoms with Crippen molar-refractivity contribution < 1.29 is 14.3 Å². The van der Waals surface area contributed by atoms with Crippen LogP contribution in [0.3, 0.4) is 0 Å². The maximum Gasteiger partial charge on any atom is 0.324 e. The zero-order valence-electron chi connectivity index (χ0n) is 7.45. The molecule has 6 heteroatoms. The van der Waals surface area contributed by atoms with Crippen LogP contribution in [0.1, 0.15) is 0 Å². The number of esters is 1. The van der Waals surface area contributed by atoms with Crippen molar-refractivity contribution in [1.29, 1.82) is 0 Å². The summed E-state index contributed by atoms with van der Waals surface area (Å²) in [4.78, 5) is 23.3. The van der Waals surface area contributed by atoms with E-state index in [0.717, 1.165) is 0 Å². The van der Waals surface area contributed by atoms with Crippen molar-refractivity contribution in [3.05, 3.63) is 0 Å². The Morgan fingerprint density at radius 2 is 2.31 bits per heavy atom. The molecule has 0 aromatic carbocycles. The molecule has 0 bridgehead atoms. The Morgan fingerprint density at radius 3 is 2.85 bits per heavy atom. The number of ether oxygens (including phenoxy) is 1. The van der Waals surface area contributed by atoms with Crippen LogP contribution < -0.4 is 11.1 Å². The first-order chi connectivity index (χ1) is 6.15. The van der Waals surface area contributed by atoms with Crippen LogP contribution in [-0.4, -0.2) is 49.7 Å². The van der Waals surface area contributed by atoms with Gasteiger partial charge in [0.15, 0.2) is 0 Å². The van der Waals surface area contributed by atoms with E-state index in [1.165, 1.54) is 12.0 Å². The number of hydrogen-bond acceptors (Lipinski definition) is 4. The third-order valence-corrected chi connectivity index (χ3v) is 1.97. The van der Waals surface area contributed by atoms with Crippen LogP contribution in [0.4, 0.5) is 4.79 Å². The standard InChI is InChI=1S/C7H13N3O3/c1-13-6(11)5-4-10(7(8)12)3-2-9-5/h5,9H,2-4H2,1H3,(H2,8,12). The average molecular weight is 187 g/mol. The van der Waals surface area contributed by atoms with Crippen molar-refractivity contribution in [3.8, 4) is 0 Å². The van der Waals surface area contributed by atoms with Crippen LogP contribution in [0.15, 0.2) is 0 Å². The lowest BCUT2D eigenvalue weighted by Gasteiger charge is -2.30. The summed E-state index contributed by atoms with van der Waals surface area (Å²) >= 11 is 0. The van der Waals surface area contributed by atoms with Gasteiger partial charge in [-0.15, -0.1) is 0 Å². The predicted molar refractivity (Wildman–Crippen MR) is 45.0 cm³/mol. The number of carbonyl (C=O) groups excluding carboxylic acids is 2. The van der Waals surface area contributed by atoms with Gasteiger partial charge in [0, 0.05) is 19.6 Å². The smallest absolute Gasteiger partial charge is 0.324 e. The molecule has 1 atom stereocenters. The monoisotopic (exact) mass is 187 g/mol. The molecule has 1 unspecified atom stereocenters. The lowest BCUT2D eigenvalue weighted by molar-refractivity contribution is -0.143. The van der Waals surface area contributed by atoms with E-state index in [1.807, 2.05) is 0 Å². The Kier molecular flexibility index (Phi) is 3.07. The van der Waals surface area contributed by atoms with Crippen LogP contribution in [0.25, 0.3) is 0 Å². The number of amides is 2. The van der Waals surface area contributed by atoms with Crippen molar-refractivity contribution in [2.24, 2.45) is 5.73 Å². The third-order valence-electron chi connectivity index (χ3n) is 1.97. The fourth-order valence-corrected chi connectivity index (χ4v) is 1.25. The molecule has 13 heavy (non-hydrogen) atoms. The zero-order valence-corrected chi connectivity index (χ0v) is 7.45. The van der Waals surface area contributed by atoms with Gasteiger partial charge in [-0.3, -0.25) is 4.79 Å². The highest BCUT2D eigenvalue weighted by Crippen LogP contribution is 1.99. The van der Waals surface area contributed by atoms with Gasteiger partial charge in [0.2, 0.25) is 0 Å². The second-order valence-electron chi connectivity index (χ2n) is 2.81. The fraction of sp³-hybridized carbons (Fsp3) is 0.714. The number of urea groups is 1. The number of carbonyl (C=O) groups is 2. The lowest BCUT2D eigenvalue weighted by Crippen LogP contribution is -2.57. The third kappa shape index (κ3) is 2.32. The van der Waals surface area contributed by atoms with Crippen LogP contribution in [0, 0.1) is 0 Å². The molecule has 3 N–H and O–H groups in total. The molecule has 1 aliphatic heterocycles. The number of nitrogens with two attached hydrogens (primary N) is 1. The van der Waals surface area contributed by atoms with Gasteiger partial charge in [-0.05, 0) is 0 Å². The van der Waals surface area contributed by atoms with Gasteiger partial charge in [-0.2, -0.15) is 0 Å². The molecule has 1 rings (SSSR count). The van der Waals surface area contributed by atoms with E-state index in [1.54, 1.807) is 0 Å². The molecule has 1 heterocycles. The Labute approximate surface area is 76.0 Å². The molecule has 6 nitrogen and oxygen atoms in total. The number of nitrogens with zero attached hydrogens (tertiary/aromatic N) is 1. The molecule has 0 radical (unpaired) electrons. The van der Waals surface area contributed by atoms with Crippen molar-refractivity contribution in [2.45, 2.75) is 6.04 Å². The number of nitrogens with one attached hydrogen (secondary N) is 1. The number of piperazine rings is 1. The van der Waals surface area contributed by atoms with E-state index in [9.17, 15) is 9.59 Å². The van der Waals surface area contributed by atoms with Crippen molar-refractivity contribution in [2.75, 3.05) is 26.7 Å². The molecule has 0 aromatic heterocycles. The molecule has 2 amide bonds. The molecule has 1 fully saturated rings. The first kappa shape index (κ1) is 9.79. The first-order valence-electron chi connectivity index (χ1n) is 4.00. The Bertz CT molecular complexity index is 219. The van der Waals surface area contributed by atoms with Crippen molar-refractivity contribution >= 4 is 12.0 Å². The highest BCUT2D eigenvalue weighted by atomic mass is 16.5.